The molecule has 0 spiro atoms. The Bertz CT molecular complexity index is 975. The third-order valence-electron chi connectivity index (χ3n) is 4.01. The molecule has 0 atom stereocenters. The molecule has 0 aliphatic carbocycles. The fourth-order valence-electron chi connectivity index (χ4n) is 2.48. The third-order valence-corrected chi connectivity index (χ3v) is 4.78. The van der Waals surface area contributed by atoms with Gasteiger partial charge in [0.2, 0.25) is 0 Å². The van der Waals surface area contributed by atoms with Gasteiger partial charge in [-0.3, -0.25) is 10.1 Å². The molecule has 0 radical (unpaired) electrons. The van der Waals surface area contributed by atoms with Crippen molar-refractivity contribution in [2.75, 3.05) is 5.32 Å². The smallest absolute Gasteiger partial charge is 0.298 e. The van der Waals surface area contributed by atoms with Gasteiger partial charge in [0.05, 0.1) is 34.4 Å². The molecule has 1 N–H and O–H groups in total. The maximum atomic E-state index is 12.9. The summed E-state index contributed by atoms with van der Waals surface area (Å²) in [6, 6.07) is 4.80. The Kier molecular flexibility index (Phi) is 5.05. The predicted octanol–water partition coefficient (Wildman–Crippen LogP) is 5.03. The Morgan fingerprint density at radius 3 is 2.67 bits per heavy atom. The molecule has 0 unspecified atom stereocenters. The molecule has 3 aromatic rings. The van der Waals surface area contributed by atoms with Crippen LogP contribution in [-0.2, 0) is 6.18 Å². The molecule has 27 heavy (non-hydrogen) atoms. The van der Waals surface area contributed by atoms with Crippen LogP contribution in [0, 0.1) is 6.92 Å². The summed E-state index contributed by atoms with van der Waals surface area (Å²) in [5, 5.41) is 9.13. The van der Waals surface area contributed by atoms with E-state index in [9.17, 15) is 18.0 Å². The van der Waals surface area contributed by atoms with Gasteiger partial charge in [0, 0.05) is 5.38 Å². The molecule has 9 heteroatoms. The van der Waals surface area contributed by atoms with E-state index >= 15 is 0 Å². The van der Waals surface area contributed by atoms with E-state index in [2.05, 4.69) is 15.4 Å². The second-order valence-electron chi connectivity index (χ2n) is 6.29. The number of rotatable bonds is 4. The van der Waals surface area contributed by atoms with Crippen LogP contribution in [0.5, 0.6) is 0 Å². The van der Waals surface area contributed by atoms with Crippen LogP contribution in [0.1, 0.15) is 47.1 Å². The Labute approximate surface area is 157 Å². The monoisotopic (exact) mass is 394 g/mol. The van der Waals surface area contributed by atoms with Crippen molar-refractivity contribution in [1.82, 2.24) is 14.8 Å². The van der Waals surface area contributed by atoms with Crippen molar-refractivity contribution in [2.24, 2.45) is 0 Å². The van der Waals surface area contributed by atoms with Gasteiger partial charge in [-0.1, -0.05) is 19.9 Å². The van der Waals surface area contributed by atoms with Gasteiger partial charge in [0.1, 0.15) is 0 Å². The van der Waals surface area contributed by atoms with E-state index in [4.69, 9.17) is 0 Å². The van der Waals surface area contributed by atoms with Gasteiger partial charge >= 0.3 is 6.18 Å². The number of thiazole rings is 1. The first-order chi connectivity index (χ1) is 12.7. The van der Waals surface area contributed by atoms with Crippen molar-refractivity contribution < 1.29 is 18.0 Å². The first kappa shape index (κ1) is 19.1. The van der Waals surface area contributed by atoms with E-state index < -0.39 is 17.6 Å². The highest BCUT2D eigenvalue weighted by Crippen LogP contribution is 2.30. The van der Waals surface area contributed by atoms with E-state index in [1.165, 1.54) is 34.3 Å². The number of carbonyl (C=O) groups excluding carboxylic acids is 1. The Morgan fingerprint density at radius 1 is 1.30 bits per heavy atom. The largest absolute Gasteiger partial charge is 0.416 e. The summed E-state index contributed by atoms with van der Waals surface area (Å²) in [7, 11) is 0. The van der Waals surface area contributed by atoms with Crippen molar-refractivity contribution in [3.8, 4) is 5.69 Å². The lowest BCUT2D eigenvalue weighted by Crippen LogP contribution is -2.13. The fourth-order valence-corrected chi connectivity index (χ4v) is 3.35. The first-order valence-electron chi connectivity index (χ1n) is 8.16. The predicted molar refractivity (Wildman–Crippen MR) is 97.5 cm³/mol. The summed E-state index contributed by atoms with van der Waals surface area (Å²) in [6.07, 6.45) is -3.11. The molecular weight excluding hydrogens is 377 g/mol. The van der Waals surface area contributed by atoms with E-state index in [0.717, 1.165) is 17.8 Å². The van der Waals surface area contributed by atoms with E-state index in [1.54, 1.807) is 6.92 Å². The van der Waals surface area contributed by atoms with Crippen LogP contribution in [0.3, 0.4) is 0 Å². The van der Waals surface area contributed by atoms with Crippen LogP contribution in [0.4, 0.5) is 18.3 Å². The summed E-state index contributed by atoms with van der Waals surface area (Å²) in [4.78, 5) is 16.8. The Morgan fingerprint density at radius 2 is 2.04 bits per heavy atom. The lowest BCUT2D eigenvalue weighted by Gasteiger charge is -2.10. The van der Waals surface area contributed by atoms with Crippen LogP contribution >= 0.6 is 11.3 Å². The standard InChI is InChI=1S/C18H17F3N4OS/c1-10(2)15-9-27-17(23-15)24-16(26)14-8-22-25(11(14)3)13-6-4-5-12(7-13)18(19,20)21/h4-10H,1-3H3,(H,23,24,26). The molecule has 0 bridgehead atoms. The van der Waals surface area contributed by atoms with Gasteiger partial charge in [-0.15, -0.1) is 11.3 Å². The maximum Gasteiger partial charge on any atom is 0.416 e. The number of aromatic nitrogens is 3. The van der Waals surface area contributed by atoms with Crippen LogP contribution in [0.15, 0.2) is 35.8 Å². The topological polar surface area (TPSA) is 59.8 Å². The average molecular weight is 394 g/mol. The van der Waals surface area contributed by atoms with Crippen LogP contribution in [-0.4, -0.2) is 20.7 Å². The van der Waals surface area contributed by atoms with Crippen LogP contribution < -0.4 is 5.32 Å². The molecule has 0 aliphatic heterocycles. The molecule has 0 aliphatic rings. The lowest BCUT2D eigenvalue weighted by atomic mass is 10.2. The van der Waals surface area contributed by atoms with E-state index in [1.807, 2.05) is 19.2 Å². The highest BCUT2D eigenvalue weighted by Gasteiger charge is 2.30. The average Bonchev–Trinajstić information content (AvgIpc) is 3.21. The minimum Gasteiger partial charge on any atom is -0.298 e. The molecule has 5 nitrogen and oxygen atoms in total. The molecule has 2 heterocycles. The Balaban J connectivity index is 1.85. The fraction of sp³-hybridized carbons (Fsp3) is 0.278. The number of anilines is 1. The maximum absolute atomic E-state index is 12.9. The van der Waals surface area contributed by atoms with Crippen LogP contribution in [0.2, 0.25) is 0 Å². The van der Waals surface area contributed by atoms with Crippen LogP contribution in [0.25, 0.3) is 5.69 Å². The SMILES string of the molecule is Cc1c(C(=O)Nc2nc(C(C)C)cs2)cnn1-c1cccc(C(F)(F)F)c1. The number of nitrogens with one attached hydrogen (secondary N) is 1. The van der Waals surface area contributed by atoms with Crippen molar-refractivity contribution >= 4 is 22.4 Å². The molecule has 0 saturated carbocycles. The quantitative estimate of drug-likeness (QED) is 0.675. The van der Waals surface area contributed by atoms with Crippen molar-refractivity contribution in [3.05, 3.63) is 58.4 Å². The highest BCUT2D eigenvalue weighted by atomic mass is 32.1. The molecule has 2 aromatic heterocycles. The summed E-state index contributed by atoms with van der Waals surface area (Å²) in [6.45, 7) is 5.64. The van der Waals surface area contributed by atoms with E-state index in [0.29, 0.717) is 10.8 Å². The summed E-state index contributed by atoms with van der Waals surface area (Å²) in [5.41, 5.74) is 1.05. The zero-order valence-electron chi connectivity index (χ0n) is 14.8. The lowest BCUT2D eigenvalue weighted by molar-refractivity contribution is -0.137. The molecule has 0 fully saturated rings. The highest BCUT2D eigenvalue weighted by molar-refractivity contribution is 7.14. The number of nitrogens with zero attached hydrogens (tertiary/aromatic N) is 3. The van der Waals surface area contributed by atoms with E-state index in [-0.39, 0.29) is 17.2 Å². The van der Waals surface area contributed by atoms with Gasteiger partial charge in [-0.2, -0.15) is 18.3 Å². The zero-order valence-corrected chi connectivity index (χ0v) is 15.6. The second kappa shape index (κ2) is 7.15. The minimum absolute atomic E-state index is 0.234. The van der Waals surface area contributed by atoms with Gasteiger partial charge in [0.25, 0.3) is 5.91 Å². The molecule has 0 saturated heterocycles. The van der Waals surface area contributed by atoms with Gasteiger partial charge in [-0.05, 0) is 31.0 Å². The number of hydrogen-bond acceptors (Lipinski definition) is 4. The minimum atomic E-state index is -4.45. The molecule has 1 amide bonds. The number of halogens is 3. The second-order valence-corrected chi connectivity index (χ2v) is 7.15. The van der Waals surface area contributed by atoms with Gasteiger partial charge < -0.3 is 0 Å². The Hall–Kier alpha value is -2.68. The summed E-state index contributed by atoms with van der Waals surface area (Å²) >= 11 is 1.32. The molecular formula is C18H17F3N4OS. The zero-order chi connectivity index (χ0) is 19.8. The van der Waals surface area contributed by atoms with Crippen molar-refractivity contribution in [1.29, 1.82) is 0 Å². The third kappa shape index (κ3) is 4.02. The number of benzene rings is 1. The summed E-state index contributed by atoms with van der Waals surface area (Å²) in [5.74, 6) is -0.160. The molecule has 3 rings (SSSR count). The van der Waals surface area contributed by atoms with Gasteiger partial charge in [0.15, 0.2) is 5.13 Å². The normalized spacial score (nSPS) is 11.8. The molecule has 1 aromatic carbocycles. The molecule has 142 valence electrons. The summed E-state index contributed by atoms with van der Waals surface area (Å²) < 4.78 is 40.1. The van der Waals surface area contributed by atoms with Crippen molar-refractivity contribution in [2.45, 2.75) is 32.9 Å². The number of carbonyl (C=O) groups is 1. The number of hydrogen-bond donors (Lipinski definition) is 1. The van der Waals surface area contributed by atoms with Crippen molar-refractivity contribution in [3.63, 3.8) is 0 Å². The first-order valence-corrected chi connectivity index (χ1v) is 9.04. The number of alkyl halides is 3. The van der Waals surface area contributed by atoms with Gasteiger partial charge in [-0.25, -0.2) is 9.67 Å². The number of amides is 1.